The first kappa shape index (κ1) is 15.0. The second-order valence-corrected chi connectivity index (χ2v) is 5.86. The van der Waals surface area contributed by atoms with Gasteiger partial charge < -0.3 is 0 Å². The summed E-state index contributed by atoms with van der Waals surface area (Å²) in [4.78, 5) is 0. The standard InChI is InChI=1S/C16H12Cl2.Hf/c1-11-10-14-13(12-6-3-2-4-7-12)8-5-9-15(14)16(11,17)18;/h2-10H,1H3;. The zero-order chi connectivity index (χ0) is 12.8. The Kier molecular flexibility index (Phi) is 4.39. The summed E-state index contributed by atoms with van der Waals surface area (Å²) < 4.78 is -0.889. The number of fused-ring (bicyclic) bond motifs is 1. The SMILES string of the molecule is CC1=Cc2c(-c3ccccc3)cccc2C1(Cl)Cl.[Hf]. The number of halogens is 2. The van der Waals surface area contributed by atoms with Crippen LogP contribution < -0.4 is 0 Å². The Hall–Kier alpha value is -0.370. The van der Waals surface area contributed by atoms with Crippen LogP contribution in [0.5, 0.6) is 0 Å². The Morgan fingerprint density at radius 1 is 0.895 bits per heavy atom. The van der Waals surface area contributed by atoms with Gasteiger partial charge in [0.25, 0.3) is 0 Å². The molecule has 0 unspecified atom stereocenters. The number of allylic oxidation sites excluding steroid dienone is 1. The Balaban J connectivity index is 0.00000133. The van der Waals surface area contributed by atoms with Crippen LogP contribution in [0.1, 0.15) is 18.1 Å². The molecule has 2 aromatic rings. The molecule has 3 rings (SSSR count). The topological polar surface area (TPSA) is 0 Å². The van der Waals surface area contributed by atoms with Crippen LogP contribution >= 0.6 is 23.2 Å². The summed E-state index contributed by atoms with van der Waals surface area (Å²) in [5.41, 5.74) is 5.44. The molecule has 1 aliphatic rings. The van der Waals surface area contributed by atoms with Gasteiger partial charge in [0.15, 0.2) is 4.33 Å². The number of rotatable bonds is 1. The molecule has 0 bridgehead atoms. The van der Waals surface area contributed by atoms with Gasteiger partial charge in [-0.15, -0.1) is 0 Å². The van der Waals surface area contributed by atoms with Crippen molar-refractivity contribution in [3.05, 3.63) is 65.2 Å². The fraction of sp³-hybridized carbons (Fsp3) is 0.125. The van der Waals surface area contributed by atoms with E-state index in [2.05, 4.69) is 24.3 Å². The molecular formula is C16H12Cl2Hf. The van der Waals surface area contributed by atoms with Crippen LogP contribution in [-0.4, -0.2) is 0 Å². The smallest absolute Gasteiger partial charge is 0.0913 e. The van der Waals surface area contributed by atoms with Crippen LogP contribution in [0.15, 0.2) is 54.1 Å². The van der Waals surface area contributed by atoms with Crippen molar-refractivity contribution in [3.8, 4) is 11.1 Å². The molecule has 19 heavy (non-hydrogen) atoms. The van der Waals surface area contributed by atoms with Gasteiger partial charge in [-0.2, -0.15) is 0 Å². The van der Waals surface area contributed by atoms with Crippen LogP contribution in [0.4, 0.5) is 0 Å². The molecular weight excluding hydrogens is 442 g/mol. The van der Waals surface area contributed by atoms with Crippen LogP contribution in [0.3, 0.4) is 0 Å². The predicted molar refractivity (Wildman–Crippen MR) is 78.9 cm³/mol. The maximum absolute atomic E-state index is 6.41. The van der Waals surface area contributed by atoms with E-state index in [1.807, 2.05) is 37.3 Å². The largest absolute Gasteiger partial charge is 0.164 e. The second kappa shape index (κ2) is 5.55. The third-order valence-corrected chi connectivity index (χ3v) is 4.39. The average molecular weight is 454 g/mol. The van der Waals surface area contributed by atoms with Crippen LogP contribution in [-0.2, 0) is 30.2 Å². The minimum Gasteiger partial charge on any atom is -0.0913 e. The summed E-state index contributed by atoms with van der Waals surface area (Å²) >= 11 is 12.8. The van der Waals surface area contributed by atoms with Crippen molar-refractivity contribution in [3.63, 3.8) is 0 Å². The van der Waals surface area contributed by atoms with E-state index >= 15 is 0 Å². The summed E-state index contributed by atoms with van der Waals surface area (Å²) in [6, 6.07) is 16.4. The first-order chi connectivity index (χ1) is 8.60. The molecule has 0 N–H and O–H groups in total. The van der Waals surface area contributed by atoms with E-state index in [1.165, 1.54) is 11.1 Å². The van der Waals surface area contributed by atoms with E-state index in [0.717, 1.165) is 16.7 Å². The summed E-state index contributed by atoms with van der Waals surface area (Å²) in [5, 5.41) is 0. The summed E-state index contributed by atoms with van der Waals surface area (Å²) in [5.74, 6) is 0. The van der Waals surface area contributed by atoms with Crippen molar-refractivity contribution < 1.29 is 25.8 Å². The number of benzene rings is 2. The maximum Gasteiger partial charge on any atom is 0.164 e. The average Bonchev–Trinajstić information content (AvgIpc) is 2.62. The Morgan fingerprint density at radius 3 is 2.26 bits per heavy atom. The molecule has 0 spiro atoms. The van der Waals surface area contributed by atoms with E-state index in [-0.39, 0.29) is 25.8 Å². The maximum atomic E-state index is 6.41. The number of alkyl halides is 2. The normalized spacial score (nSPS) is 15.4. The first-order valence-electron chi connectivity index (χ1n) is 5.86. The molecule has 0 aliphatic heterocycles. The Morgan fingerprint density at radius 2 is 1.58 bits per heavy atom. The molecule has 94 valence electrons. The number of hydrogen-bond acceptors (Lipinski definition) is 0. The second-order valence-electron chi connectivity index (χ2n) is 4.53. The summed E-state index contributed by atoms with van der Waals surface area (Å²) in [6.45, 7) is 1.97. The minimum absolute atomic E-state index is 0. The van der Waals surface area contributed by atoms with Gasteiger partial charge in [-0.3, -0.25) is 0 Å². The molecule has 0 nitrogen and oxygen atoms in total. The summed E-state index contributed by atoms with van der Waals surface area (Å²) in [6.07, 6.45) is 2.08. The van der Waals surface area contributed by atoms with Gasteiger partial charge in [0.1, 0.15) is 0 Å². The van der Waals surface area contributed by atoms with Gasteiger partial charge in [0.05, 0.1) is 0 Å². The fourth-order valence-corrected chi connectivity index (χ4v) is 2.82. The number of hydrogen-bond donors (Lipinski definition) is 0. The third-order valence-electron chi connectivity index (χ3n) is 3.39. The van der Waals surface area contributed by atoms with Crippen molar-refractivity contribution in [1.82, 2.24) is 0 Å². The van der Waals surface area contributed by atoms with E-state index < -0.39 is 4.33 Å². The van der Waals surface area contributed by atoms with Crippen LogP contribution in [0.25, 0.3) is 17.2 Å². The predicted octanol–water partition coefficient (Wildman–Crippen LogP) is 5.40. The third kappa shape index (κ3) is 2.49. The van der Waals surface area contributed by atoms with Crippen molar-refractivity contribution in [2.24, 2.45) is 0 Å². The molecule has 0 fully saturated rings. The zero-order valence-corrected chi connectivity index (χ0v) is 15.6. The molecule has 0 radical (unpaired) electrons. The molecule has 0 saturated carbocycles. The van der Waals surface area contributed by atoms with Gasteiger partial charge in [-0.1, -0.05) is 77.8 Å². The summed E-state index contributed by atoms with van der Waals surface area (Å²) in [7, 11) is 0. The fourth-order valence-electron chi connectivity index (χ4n) is 2.38. The van der Waals surface area contributed by atoms with Crippen LogP contribution in [0.2, 0.25) is 0 Å². The van der Waals surface area contributed by atoms with Gasteiger partial charge in [0.2, 0.25) is 0 Å². The zero-order valence-electron chi connectivity index (χ0n) is 10.5. The van der Waals surface area contributed by atoms with Crippen molar-refractivity contribution >= 4 is 29.3 Å². The molecule has 2 aromatic carbocycles. The monoisotopic (exact) mass is 454 g/mol. The minimum atomic E-state index is -0.889. The van der Waals surface area contributed by atoms with E-state index in [9.17, 15) is 0 Å². The van der Waals surface area contributed by atoms with Gasteiger partial charge >= 0.3 is 0 Å². The van der Waals surface area contributed by atoms with E-state index in [0.29, 0.717) is 0 Å². The molecule has 0 aromatic heterocycles. The van der Waals surface area contributed by atoms with Gasteiger partial charge in [0, 0.05) is 25.8 Å². The van der Waals surface area contributed by atoms with E-state index in [1.54, 1.807) is 0 Å². The molecule has 0 amide bonds. The van der Waals surface area contributed by atoms with E-state index in [4.69, 9.17) is 23.2 Å². The van der Waals surface area contributed by atoms with Crippen molar-refractivity contribution in [1.29, 1.82) is 0 Å². The first-order valence-corrected chi connectivity index (χ1v) is 6.62. The Labute approximate surface area is 142 Å². The van der Waals surface area contributed by atoms with Crippen LogP contribution in [0, 0.1) is 0 Å². The molecule has 0 heterocycles. The van der Waals surface area contributed by atoms with Gasteiger partial charge in [-0.25, -0.2) is 0 Å². The van der Waals surface area contributed by atoms with Crippen molar-refractivity contribution in [2.75, 3.05) is 0 Å². The Bertz CT molecular complexity index is 630. The molecule has 0 atom stereocenters. The molecule has 0 saturated heterocycles. The van der Waals surface area contributed by atoms with Gasteiger partial charge in [-0.05, 0) is 34.8 Å². The quantitative estimate of drug-likeness (QED) is 0.401. The van der Waals surface area contributed by atoms with Crippen molar-refractivity contribution in [2.45, 2.75) is 11.3 Å². The molecule has 3 heteroatoms. The molecule has 1 aliphatic carbocycles.